The normalized spacial score (nSPS) is 25.4. The Morgan fingerprint density at radius 3 is 3.05 bits per heavy atom. The van der Waals surface area contributed by atoms with Crippen LogP contribution in [0.3, 0.4) is 0 Å². The van der Waals surface area contributed by atoms with Gasteiger partial charge in [-0.05, 0) is 50.3 Å². The first-order valence-corrected chi connectivity index (χ1v) is 7.70. The first kappa shape index (κ1) is 14.6. The molecule has 2 N–H and O–H groups in total. The van der Waals surface area contributed by atoms with E-state index in [1.165, 1.54) is 38.8 Å². The molecule has 0 aliphatic carbocycles. The molecule has 19 heavy (non-hydrogen) atoms. The summed E-state index contributed by atoms with van der Waals surface area (Å²) in [5.41, 5.74) is 0.463. The molecule has 3 heteroatoms. The molecule has 1 aliphatic heterocycles. The molecule has 2 atom stereocenters. The lowest BCUT2D eigenvalue weighted by Gasteiger charge is -2.38. The van der Waals surface area contributed by atoms with E-state index in [-0.39, 0.29) is 0 Å². The molecule has 1 aromatic heterocycles. The van der Waals surface area contributed by atoms with Crippen molar-refractivity contribution in [3.05, 3.63) is 24.2 Å². The minimum absolute atomic E-state index is 0.463. The molecule has 0 radical (unpaired) electrons. The van der Waals surface area contributed by atoms with Gasteiger partial charge >= 0.3 is 0 Å². The Balaban J connectivity index is 1.80. The van der Waals surface area contributed by atoms with E-state index in [4.69, 9.17) is 4.42 Å². The number of piperidine rings is 1. The van der Waals surface area contributed by atoms with Crippen LogP contribution in [-0.2, 0) is 6.42 Å². The predicted molar refractivity (Wildman–Crippen MR) is 79.3 cm³/mol. The van der Waals surface area contributed by atoms with E-state index in [2.05, 4.69) is 30.5 Å². The van der Waals surface area contributed by atoms with Crippen molar-refractivity contribution in [2.24, 2.45) is 5.41 Å². The van der Waals surface area contributed by atoms with E-state index in [9.17, 15) is 0 Å². The van der Waals surface area contributed by atoms with Crippen LogP contribution in [0.1, 0.15) is 45.3 Å². The van der Waals surface area contributed by atoms with Gasteiger partial charge in [0.1, 0.15) is 5.76 Å². The molecule has 1 aliphatic rings. The van der Waals surface area contributed by atoms with Crippen molar-refractivity contribution in [2.75, 3.05) is 19.6 Å². The largest absolute Gasteiger partial charge is 0.469 e. The highest BCUT2D eigenvalue weighted by Gasteiger charge is 2.31. The molecule has 0 amide bonds. The van der Waals surface area contributed by atoms with Gasteiger partial charge in [0.2, 0.25) is 0 Å². The fraction of sp³-hybridized carbons (Fsp3) is 0.750. The van der Waals surface area contributed by atoms with Crippen molar-refractivity contribution in [1.29, 1.82) is 0 Å². The second kappa shape index (κ2) is 7.11. The molecule has 0 spiro atoms. The minimum Gasteiger partial charge on any atom is -0.469 e. The highest BCUT2D eigenvalue weighted by Crippen LogP contribution is 2.30. The van der Waals surface area contributed by atoms with Crippen LogP contribution in [0.2, 0.25) is 0 Å². The molecule has 2 heterocycles. The third-order valence-electron chi connectivity index (χ3n) is 4.25. The zero-order valence-electron chi connectivity index (χ0n) is 12.4. The van der Waals surface area contributed by atoms with Crippen molar-refractivity contribution < 1.29 is 4.42 Å². The van der Waals surface area contributed by atoms with E-state index in [0.29, 0.717) is 11.5 Å². The van der Waals surface area contributed by atoms with Crippen molar-refractivity contribution in [2.45, 2.75) is 52.0 Å². The molecule has 108 valence electrons. The van der Waals surface area contributed by atoms with Crippen molar-refractivity contribution >= 4 is 0 Å². The summed E-state index contributed by atoms with van der Waals surface area (Å²) >= 11 is 0. The van der Waals surface area contributed by atoms with Gasteiger partial charge in [0.05, 0.1) is 6.26 Å². The molecule has 1 aromatic rings. The maximum atomic E-state index is 5.42. The number of hydrogen-bond acceptors (Lipinski definition) is 3. The Bertz CT molecular complexity index is 336. The van der Waals surface area contributed by atoms with Gasteiger partial charge in [-0.25, -0.2) is 0 Å². The quantitative estimate of drug-likeness (QED) is 0.795. The predicted octanol–water partition coefficient (Wildman–Crippen LogP) is 2.97. The first-order valence-electron chi connectivity index (χ1n) is 7.70. The molecule has 1 saturated heterocycles. The van der Waals surface area contributed by atoms with Gasteiger partial charge in [-0.2, -0.15) is 0 Å². The lowest BCUT2D eigenvalue weighted by molar-refractivity contribution is 0.177. The molecule has 0 bridgehead atoms. The van der Waals surface area contributed by atoms with Gasteiger partial charge in [0.25, 0.3) is 0 Å². The van der Waals surface area contributed by atoms with E-state index >= 15 is 0 Å². The van der Waals surface area contributed by atoms with Crippen LogP contribution in [0.5, 0.6) is 0 Å². The molecule has 1 fully saturated rings. The maximum absolute atomic E-state index is 5.42. The molecule has 2 unspecified atom stereocenters. The maximum Gasteiger partial charge on any atom is 0.105 e. The van der Waals surface area contributed by atoms with Crippen molar-refractivity contribution in [1.82, 2.24) is 10.6 Å². The van der Waals surface area contributed by atoms with Crippen LogP contribution >= 0.6 is 0 Å². The summed E-state index contributed by atoms with van der Waals surface area (Å²) in [7, 11) is 0. The molecule has 0 saturated carbocycles. The molecular formula is C16H28N2O. The number of nitrogens with one attached hydrogen (secondary N) is 2. The summed E-state index contributed by atoms with van der Waals surface area (Å²) in [6.07, 6.45) is 7.99. The lowest BCUT2D eigenvalue weighted by atomic mass is 9.77. The second-order valence-corrected chi connectivity index (χ2v) is 6.10. The molecular weight excluding hydrogens is 236 g/mol. The van der Waals surface area contributed by atoms with E-state index < -0.39 is 0 Å². The SMILES string of the molecule is CCCC1(CNC(C)Cc2ccco2)CCCNC1. The van der Waals surface area contributed by atoms with Crippen LogP contribution in [0.15, 0.2) is 22.8 Å². The van der Waals surface area contributed by atoms with Crippen LogP contribution in [0.25, 0.3) is 0 Å². The van der Waals surface area contributed by atoms with Gasteiger partial charge in [-0.1, -0.05) is 13.3 Å². The van der Waals surface area contributed by atoms with Gasteiger partial charge in [0, 0.05) is 25.6 Å². The zero-order valence-corrected chi connectivity index (χ0v) is 12.4. The fourth-order valence-electron chi connectivity index (χ4n) is 3.21. The minimum atomic E-state index is 0.463. The summed E-state index contributed by atoms with van der Waals surface area (Å²) in [4.78, 5) is 0. The first-order chi connectivity index (χ1) is 9.24. The Kier molecular flexibility index (Phi) is 5.46. The number of hydrogen-bond donors (Lipinski definition) is 2. The molecule has 3 nitrogen and oxygen atoms in total. The smallest absolute Gasteiger partial charge is 0.105 e. The topological polar surface area (TPSA) is 37.2 Å². The average molecular weight is 264 g/mol. The summed E-state index contributed by atoms with van der Waals surface area (Å²) in [6.45, 7) is 8.02. The zero-order chi connectivity index (χ0) is 13.6. The molecule has 2 rings (SSSR count). The fourth-order valence-corrected chi connectivity index (χ4v) is 3.21. The highest BCUT2D eigenvalue weighted by molar-refractivity contribution is 5.00. The van der Waals surface area contributed by atoms with E-state index in [1.807, 2.05) is 6.07 Å². The van der Waals surface area contributed by atoms with Gasteiger partial charge in [-0.15, -0.1) is 0 Å². The number of furan rings is 1. The number of rotatable bonds is 7. The average Bonchev–Trinajstić information content (AvgIpc) is 2.91. The van der Waals surface area contributed by atoms with E-state index in [0.717, 1.165) is 18.7 Å². The Morgan fingerprint density at radius 2 is 2.42 bits per heavy atom. The van der Waals surface area contributed by atoms with Crippen molar-refractivity contribution in [3.8, 4) is 0 Å². The van der Waals surface area contributed by atoms with E-state index in [1.54, 1.807) is 6.26 Å². The Morgan fingerprint density at radius 1 is 1.53 bits per heavy atom. The second-order valence-electron chi connectivity index (χ2n) is 6.10. The standard InChI is InChI=1S/C16H28N2O/c1-3-7-16(8-5-9-17-12-16)13-18-14(2)11-15-6-4-10-19-15/h4,6,10,14,17-18H,3,5,7-9,11-13H2,1-2H3. The molecule has 0 aromatic carbocycles. The monoisotopic (exact) mass is 264 g/mol. The van der Waals surface area contributed by atoms with Gasteiger partial charge < -0.3 is 15.1 Å². The van der Waals surface area contributed by atoms with Gasteiger partial charge in [0.15, 0.2) is 0 Å². The van der Waals surface area contributed by atoms with Crippen molar-refractivity contribution in [3.63, 3.8) is 0 Å². The van der Waals surface area contributed by atoms with Crippen LogP contribution in [-0.4, -0.2) is 25.7 Å². The highest BCUT2D eigenvalue weighted by atomic mass is 16.3. The summed E-state index contributed by atoms with van der Waals surface area (Å²) in [6, 6.07) is 4.50. The summed E-state index contributed by atoms with van der Waals surface area (Å²) < 4.78 is 5.42. The van der Waals surface area contributed by atoms with Crippen LogP contribution < -0.4 is 10.6 Å². The third kappa shape index (κ3) is 4.36. The summed E-state index contributed by atoms with van der Waals surface area (Å²) in [5.74, 6) is 1.08. The Hall–Kier alpha value is -0.800. The third-order valence-corrected chi connectivity index (χ3v) is 4.25. The Labute approximate surface area is 117 Å². The van der Waals surface area contributed by atoms with Crippen LogP contribution in [0, 0.1) is 5.41 Å². The lowest BCUT2D eigenvalue weighted by Crippen LogP contribution is -2.48. The van der Waals surface area contributed by atoms with Gasteiger partial charge in [-0.3, -0.25) is 0 Å². The van der Waals surface area contributed by atoms with Crippen LogP contribution in [0.4, 0.5) is 0 Å². The summed E-state index contributed by atoms with van der Waals surface area (Å²) in [5, 5.41) is 7.29.